The van der Waals surface area contributed by atoms with Gasteiger partial charge in [-0.3, -0.25) is 0 Å². The zero-order chi connectivity index (χ0) is 13.9. The van der Waals surface area contributed by atoms with Crippen molar-refractivity contribution in [3.05, 3.63) is 21.2 Å². The summed E-state index contributed by atoms with van der Waals surface area (Å²) in [5.74, 6) is 0.817. The third kappa shape index (κ3) is 2.96. The molecule has 4 N–H and O–H groups in total. The summed E-state index contributed by atoms with van der Waals surface area (Å²) in [6.45, 7) is 6.72. The molecular weight excluding hydrogens is 296 g/mol. The summed E-state index contributed by atoms with van der Waals surface area (Å²) < 4.78 is 6.52. The molecule has 0 bridgehead atoms. The Morgan fingerprint density at radius 1 is 1.28 bits per heavy atom. The number of aliphatic hydroxyl groups excluding tert-OH is 1. The highest BCUT2D eigenvalue weighted by atomic mass is 79.9. The van der Waals surface area contributed by atoms with Gasteiger partial charge in [-0.2, -0.15) is 0 Å². The van der Waals surface area contributed by atoms with E-state index in [1.165, 1.54) is 0 Å². The number of rotatable bonds is 5. The van der Waals surface area contributed by atoms with E-state index in [2.05, 4.69) is 21.2 Å². The fraction of sp³-hybridized carbons (Fsp3) is 0.538. The number of benzene rings is 1. The third-order valence-electron chi connectivity index (χ3n) is 3.15. The van der Waals surface area contributed by atoms with Gasteiger partial charge in [0.15, 0.2) is 0 Å². The van der Waals surface area contributed by atoms with Crippen molar-refractivity contribution in [1.29, 1.82) is 0 Å². The van der Waals surface area contributed by atoms with Gasteiger partial charge in [0, 0.05) is 17.6 Å². The van der Waals surface area contributed by atoms with Gasteiger partial charge in [0.2, 0.25) is 0 Å². The second kappa shape index (κ2) is 6.41. The molecule has 1 atom stereocenters. The summed E-state index contributed by atoms with van der Waals surface area (Å²) in [5.41, 5.74) is 9.61. The van der Waals surface area contributed by atoms with Crippen LogP contribution in [0, 0.1) is 20.8 Å². The molecule has 0 heterocycles. The second-order valence-corrected chi connectivity index (χ2v) is 5.16. The average molecular weight is 317 g/mol. The minimum Gasteiger partial charge on any atom is -0.494 e. The Bertz CT molecular complexity index is 436. The van der Waals surface area contributed by atoms with Crippen LogP contribution in [-0.4, -0.2) is 31.4 Å². The number of nitrogens with two attached hydrogens (primary N) is 1. The number of ether oxygens (including phenoxy) is 1. The van der Waals surface area contributed by atoms with Crippen molar-refractivity contribution in [1.82, 2.24) is 0 Å². The summed E-state index contributed by atoms with van der Waals surface area (Å²) in [7, 11) is 1.65. The number of anilines is 1. The molecule has 102 valence electrons. The Hall–Kier alpha value is -0.780. The summed E-state index contributed by atoms with van der Waals surface area (Å²) >= 11 is 3.59. The highest BCUT2D eigenvalue weighted by Gasteiger charge is 2.17. The van der Waals surface area contributed by atoms with Gasteiger partial charge < -0.3 is 20.9 Å². The molecule has 4 nitrogen and oxygen atoms in total. The molecule has 1 unspecified atom stereocenters. The second-order valence-electron chi connectivity index (χ2n) is 4.37. The molecule has 5 heteroatoms. The topological polar surface area (TPSA) is 67.5 Å². The van der Waals surface area contributed by atoms with Crippen LogP contribution in [0.15, 0.2) is 4.47 Å². The van der Waals surface area contributed by atoms with Gasteiger partial charge in [-0.15, -0.1) is 0 Å². The van der Waals surface area contributed by atoms with Crippen LogP contribution in [0.3, 0.4) is 0 Å². The third-order valence-corrected chi connectivity index (χ3v) is 4.34. The molecular formula is C13H21BrN2O2. The molecule has 0 amide bonds. The molecule has 0 fully saturated rings. The first-order valence-corrected chi connectivity index (χ1v) is 6.68. The normalized spacial score (nSPS) is 12.4. The first-order chi connectivity index (χ1) is 8.43. The van der Waals surface area contributed by atoms with Gasteiger partial charge in [-0.05, 0) is 37.5 Å². The van der Waals surface area contributed by atoms with Gasteiger partial charge in [-0.25, -0.2) is 0 Å². The van der Waals surface area contributed by atoms with Crippen LogP contribution in [0.2, 0.25) is 0 Å². The summed E-state index contributed by atoms with van der Waals surface area (Å²) in [6.07, 6.45) is -0.561. The molecule has 0 aromatic heterocycles. The summed E-state index contributed by atoms with van der Waals surface area (Å²) in [6, 6.07) is 0. The Balaban J connectivity index is 3.16. The molecule has 0 spiro atoms. The number of nitrogens with one attached hydrogen (secondary N) is 1. The van der Waals surface area contributed by atoms with Crippen molar-refractivity contribution < 1.29 is 9.84 Å². The standard InChI is InChI=1S/C13H21BrN2O2/c1-7-8(2)13(18-4)12(9(3)11(7)14)16-6-10(17)5-15/h10,16-17H,5-6,15H2,1-4H3. The Kier molecular flexibility index (Phi) is 5.44. The SMILES string of the molecule is COc1c(C)c(C)c(Br)c(C)c1NCC(O)CN. The maximum absolute atomic E-state index is 9.53. The highest BCUT2D eigenvalue weighted by Crippen LogP contribution is 2.39. The van der Waals surface area contributed by atoms with Crippen LogP contribution in [0.1, 0.15) is 16.7 Å². The summed E-state index contributed by atoms with van der Waals surface area (Å²) in [4.78, 5) is 0. The van der Waals surface area contributed by atoms with Gasteiger partial charge in [-0.1, -0.05) is 15.9 Å². The smallest absolute Gasteiger partial charge is 0.145 e. The largest absolute Gasteiger partial charge is 0.494 e. The Morgan fingerprint density at radius 2 is 1.89 bits per heavy atom. The van der Waals surface area contributed by atoms with Crippen molar-refractivity contribution >= 4 is 21.6 Å². The van der Waals surface area contributed by atoms with Crippen molar-refractivity contribution in [3.8, 4) is 5.75 Å². The zero-order valence-electron chi connectivity index (χ0n) is 11.3. The predicted octanol–water partition coefficient (Wildman–Crippen LogP) is 2.11. The molecule has 0 saturated carbocycles. The lowest BCUT2D eigenvalue weighted by molar-refractivity contribution is 0.196. The van der Waals surface area contributed by atoms with E-state index in [4.69, 9.17) is 10.5 Å². The van der Waals surface area contributed by atoms with E-state index >= 15 is 0 Å². The van der Waals surface area contributed by atoms with Gasteiger partial charge in [0.25, 0.3) is 0 Å². The Morgan fingerprint density at radius 3 is 2.39 bits per heavy atom. The van der Waals surface area contributed by atoms with Crippen LogP contribution in [0.25, 0.3) is 0 Å². The molecule has 0 aliphatic rings. The van der Waals surface area contributed by atoms with Crippen molar-refractivity contribution in [2.24, 2.45) is 5.73 Å². The predicted molar refractivity (Wildman–Crippen MR) is 78.5 cm³/mol. The van der Waals surface area contributed by atoms with Gasteiger partial charge in [0.05, 0.1) is 18.9 Å². The van der Waals surface area contributed by atoms with Crippen LogP contribution < -0.4 is 15.8 Å². The van der Waals surface area contributed by atoms with E-state index in [-0.39, 0.29) is 6.54 Å². The van der Waals surface area contributed by atoms with Gasteiger partial charge >= 0.3 is 0 Å². The monoisotopic (exact) mass is 316 g/mol. The van der Waals surface area contributed by atoms with Gasteiger partial charge in [0.1, 0.15) is 5.75 Å². The number of hydrogen-bond donors (Lipinski definition) is 3. The first-order valence-electron chi connectivity index (χ1n) is 5.89. The molecule has 0 radical (unpaired) electrons. The summed E-state index contributed by atoms with van der Waals surface area (Å²) in [5, 5.41) is 12.7. The van der Waals surface area contributed by atoms with Crippen LogP contribution in [-0.2, 0) is 0 Å². The molecule has 1 rings (SSSR count). The van der Waals surface area contributed by atoms with Crippen LogP contribution >= 0.6 is 15.9 Å². The maximum atomic E-state index is 9.53. The molecule has 0 aliphatic heterocycles. The van der Waals surface area contributed by atoms with E-state index in [9.17, 15) is 5.11 Å². The van der Waals surface area contributed by atoms with Crippen molar-refractivity contribution in [3.63, 3.8) is 0 Å². The van der Waals surface area contributed by atoms with E-state index in [1.807, 2.05) is 20.8 Å². The van der Waals surface area contributed by atoms with E-state index in [0.717, 1.165) is 32.6 Å². The fourth-order valence-corrected chi connectivity index (χ4v) is 2.35. The number of aliphatic hydroxyl groups is 1. The minimum atomic E-state index is -0.561. The lowest BCUT2D eigenvalue weighted by Crippen LogP contribution is -2.28. The van der Waals surface area contributed by atoms with E-state index in [0.29, 0.717) is 6.54 Å². The molecule has 0 saturated heterocycles. The number of methoxy groups -OCH3 is 1. The van der Waals surface area contributed by atoms with E-state index in [1.54, 1.807) is 7.11 Å². The fourth-order valence-electron chi connectivity index (χ4n) is 1.85. The number of hydrogen-bond acceptors (Lipinski definition) is 4. The maximum Gasteiger partial charge on any atom is 0.145 e. The van der Waals surface area contributed by atoms with Crippen LogP contribution in [0.5, 0.6) is 5.75 Å². The molecule has 1 aromatic rings. The highest BCUT2D eigenvalue weighted by molar-refractivity contribution is 9.10. The lowest BCUT2D eigenvalue weighted by Gasteiger charge is -2.21. The van der Waals surface area contributed by atoms with Crippen molar-refractivity contribution in [2.75, 3.05) is 25.5 Å². The molecule has 18 heavy (non-hydrogen) atoms. The minimum absolute atomic E-state index is 0.236. The zero-order valence-corrected chi connectivity index (χ0v) is 12.9. The molecule has 1 aromatic carbocycles. The number of halogens is 1. The van der Waals surface area contributed by atoms with E-state index < -0.39 is 6.10 Å². The van der Waals surface area contributed by atoms with Crippen molar-refractivity contribution in [2.45, 2.75) is 26.9 Å². The van der Waals surface area contributed by atoms with Crippen LogP contribution in [0.4, 0.5) is 5.69 Å². The first kappa shape index (κ1) is 15.3. The average Bonchev–Trinajstić information content (AvgIpc) is 2.38. The quantitative estimate of drug-likeness (QED) is 0.778. The Labute approximate surface area is 117 Å². The lowest BCUT2D eigenvalue weighted by atomic mass is 10.0. The molecule has 0 aliphatic carbocycles.